The molecule has 0 unspecified atom stereocenters. The number of rotatable bonds is 5. The number of benzene rings is 2. The molecule has 134 valence electrons. The van der Waals surface area contributed by atoms with Crippen molar-refractivity contribution in [3.8, 4) is 5.75 Å². The van der Waals surface area contributed by atoms with Crippen LogP contribution in [-0.2, 0) is 11.4 Å². The summed E-state index contributed by atoms with van der Waals surface area (Å²) in [6.45, 7) is 2.99. The molecule has 0 radical (unpaired) electrons. The molecule has 1 aliphatic rings. The summed E-state index contributed by atoms with van der Waals surface area (Å²) in [5.74, 6) is 0.752. The fraction of sp³-hybridized carbons (Fsp3) is 0.158. The normalized spacial score (nSPS) is 15.8. The molecule has 1 heterocycles. The average molecular weight is 607 g/mol. The molecule has 2 aromatic carbocycles. The molecule has 0 N–H and O–H groups in total. The van der Waals surface area contributed by atoms with Gasteiger partial charge in [-0.3, -0.25) is 9.69 Å². The van der Waals surface area contributed by atoms with Gasteiger partial charge in [-0.1, -0.05) is 54.3 Å². The molecule has 3 rings (SSSR count). The summed E-state index contributed by atoms with van der Waals surface area (Å²) in [5.41, 5.74) is 2.00. The van der Waals surface area contributed by atoms with Crippen LogP contribution in [0, 0.1) is 7.14 Å². The Morgan fingerprint density at radius 2 is 1.96 bits per heavy atom. The highest BCUT2D eigenvalue weighted by atomic mass is 127. The second kappa shape index (κ2) is 9.03. The standard InChI is InChI=1S/C19H15I2NO2S2/c1-2-22-18(23)16(26-19(22)25)9-13-8-14(20)10-15(21)17(13)24-11-12-6-4-3-5-7-12/h3-10H,2,11H2,1H3/b16-9-. The first kappa shape index (κ1) is 20.1. The number of hydrogen-bond acceptors (Lipinski definition) is 4. The van der Waals surface area contributed by atoms with E-state index in [0.717, 1.165) is 24.0 Å². The Hall–Kier alpha value is -0.650. The van der Waals surface area contributed by atoms with Gasteiger partial charge in [-0.25, -0.2) is 0 Å². The van der Waals surface area contributed by atoms with Gasteiger partial charge in [0, 0.05) is 15.7 Å². The smallest absolute Gasteiger partial charge is 0.266 e. The van der Waals surface area contributed by atoms with Crippen LogP contribution < -0.4 is 4.74 Å². The maximum Gasteiger partial charge on any atom is 0.266 e. The third-order valence-corrected chi connectivity index (χ3v) is 6.54. The molecule has 1 amide bonds. The number of amides is 1. The zero-order valence-corrected chi connectivity index (χ0v) is 19.8. The Bertz CT molecular complexity index is 885. The number of thiocarbonyl (C=S) groups is 1. The second-order valence-corrected chi connectivity index (χ2v) is 9.59. The van der Waals surface area contributed by atoms with Crippen molar-refractivity contribution in [1.29, 1.82) is 0 Å². The van der Waals surface area contributed by atoms with Crippen molar-refractivity contribution >= 4 is 85.5 Å². The topological polar surface area (TPSA) is 29.5 Å². The summed E-state index contributed by atoms with van der Waals surface area (Å²) in [6, 6.07) is 14.1. The Morgan fingerprint density at radius 3 is 2.62 bits per heavy atom. The largest absolute Gasteiger partial charge is 0.487 e. The molecule has 1 aliphatic heterocycles. The summed E-state index contributed by atoms with van der Waals surface area (Å²) < 4.78 is 8.83. The first-order valence-electron chi connectivity index (χ1n) is 7.90. The van der Waals surface area contributed by atoms with Gasteiger partial charge in [0.15, 0.2) is 0 Å². The molecule has 1 fully saturated rings. The molecule has 0 saturated carbocycles. The van der Waals surface area contributed by atoms with E-state index in [9.17, 15) is 4.79 Å². The number of thioether (sulfide) groups is 1. The summed E-state index contributed by atoms with van der Waals surface area (Å²) in [7, 11) is 0. The van der Waals surface area contributed by atoms with E-state index in [1.54, 1.807) is 4.90 Å². The lowest BCUT2D eigenvalue weighted by Crippen LogP contribution is -2.27. The minimum Gasteiger partial charge on any atom is -0.487 e. The van der Waals surface area contributed by atoms with Gasteiger partial charge in [-0.15, -0.1) is 0 Å². The quantitative estimate of drug-likeness (QED) is 0.248. The van der Waals surface area contributed by atoms with E-state index in [0.29, 0.717) is 22.4 Å². The fourth-order valence-electron chi connectivity index (χ4n) is 2.48. The number of nitrogens with zero attached hydrogens (tertiary/aromatic N) is 1. The van der Waals surface area contributed by atoms with Crippen LogP contribution >= 0.6 is 69.2 Å². The third kappa shape index (κ3) is 4.60. The van der Waals surface area contributed by atoms with Crippen LogP contribution in [0.1, 0.15) is 18.1 Å². The van der Waals surface area contributed by atoms with Gasteiger partial charge in [-0.2, -0.15) is 0 Å². The highest BCUT2D eigenvalue weighted by Crippen LogP contribution is 2.36. The van der Waals surface area contributed by atoms with Crippen LogP contribution in [0.5, 0.6) is 5.75 Å². The Labute approximate surface area is 189 Å². The maximum absolute atomic E-state index is 12.5. The van der Waals surface area contributed by atoms with E-state index >= 15 is 0 Å². The van der Waals surface area contributed by atoms with Crippen molar-refractivity contribution in [3.63, 3.8) is 0 Å². The molecule has 0 aliphatic carbocycles. The molecule has 0 bridgehead atoms. The number of hydrogen-bond donors (Lipinski definition) is 0. The molecule has 26 heavy (non-hydrogen) atoms. The van der Waals surface area contributed by atoms with Gasteiger partial charge in [0.1, 0.15) is 16.7 Å². The monoisotopic (exact) mass is 607 g/mol. The van der Waals surface area contributed by atoms with Crippen LogP contribution in [0.15, 0.2) is 47.4 Å². The zero-order valence-electron chi connectivity index (χ0n) is 13.9. The van der Waals surface area contributed by atoms with Crippen molar-refractivity contribution in [2.45, 2.75) is 13.5 Å². The van der Waals surface area contributed by atoms with Gasteiger partial charge >= 0.3 is 0 Å². The summed E-state index contributed by atoms with van der Waals surface area (Å²) in [4.78, 5) is 14.8. The predicted molar refractivity (Wildman–Crippen MR) is 128 cm³/mol. The van der Waals surface area contributed by atoms with E-state index in [-0.39, 0.29) is 5.91 Å². The van der Waals surface area contributed by atoms with Crippen LogP contribution in [0.3, 0.4) is 0 Å². The number of ether oxygens (including phenoxy) is 1. The van der Waals surface area contributed by atoms with Crippen molar-refractivity contribution in [3.05, 3.63) is 65.6 Å². The van der Waals surface area contributed by atoms with Gasteiger partial charge in [0.25, 0.3) is 5.91 Å². The van der Waals surface area contributed by atoms with Crippen molar-refractivity contribution in [1.82, 2.24) is 4.90 Å². The van der Waals surface area contributed by atoms with Gasteiger partial charge in [0.05, 0.1) is 8.48 Å². The van der Waals surface area contributed by atoms with E-state index in [2.05, 4.69) is 51.2 Å². The maximum atomic E-state index is 12.5. The zero-order chi connectivity index (χ0) is 18.7. The second-order valence-electron chi connectivity index (χ2n) is 5.51. The molecular formula is C19H15I2NO2S2. The molecule has 3 nitrogen and oxygen atoms in total. The lowest BCUT2D eigenvalue weighted by Gasteiger charge is -2.13. The molecule has 1 saturated heterocycles. The van der Waals surface area contributed by atoms with Gasteiger partial charge < -0.3 is 4.74 Å². The van der Waals surface area contributed by atoms with Crippen LogP contribution in [0.2, 0.25) is 0 Å². The highest BCUT2D eigenvalue weighted by Gasteiger charge is 2.31. The Kier molecular flexibility index (Phi) is 6.98. The Balaban J connectivity index is 1.93. The fourth-order valence-corrected chi connectivity index (χ4v) is 5.90. The molecule has 0 aromatic heterocycles. The SMILES string of the molecule is CCN1C(=O)/C(=C/c2cc(I)cc(I)c2OCc2ccccc2)SC1=S. The van der Waals surface area contributed by atoms with Crippen LogP contribution in [-0.4, -0.2) is 21.7 Å². The summed E-state index contributed by atoms with van der Waals surface area (Å²) in [5, 5.41) is 0. The minimum absolute atomic E-state index is 0.0367. The van der Waals surface area contributed by atoms with E-state index in [4.69, 9.17) is 17.0 Å². The van der Waals surface area contributed by atoms with E-state index in [1.165, 1.54) is 11.8 Å². The lowest BCUT2D eigenvalue weighted by molar-refractivity contribution is -0.121. The first-order chi connectivity index (χ1) is 12.5. The number of carbonyl (C=O) groups is 1. The molecule has 2 aromatic rings. The minimum atomic E-state index is -0.0367. The van der Waals surface area contributed by atoms with Crippen molar-refractivity contribution in [2.24, 2.45) is 0 Å². The lowest BCUT2D eigenvalue weighted by atomic mass is 10.1. The number of carbonyl (C=O) groups excluding carboxylic acids is 1. The summed E-state index contributed by atoms with van der Waals surface area (Å²) >= 11 is 11.2. The Morgan fingerprint density at radius 1 is 1.23 bits per heavy atom. The average Bonchev–Trinajstić information content (AvgIpc) is 2.88. The van der Waals surface area contributed by atoms with Gasteiger partial charge in [0.2, 0.25) is 0 Å². The number of likely N-dealkylation sites (N-methyl/N-ethyl adjacent to an activating group) is 1. The third-order valence-electron chi connectivity index (χ3n) is 3.74. The van der Waals surface area contributed by atoms with Crippen LogP contribution in [0.25, 0.3) is 6.08 Å². The molecule has 7 heteroatoms. The molecular weight excluding hydrogens is 592 g/mol. The highest BCUT2D eigenvalue weighted by molar-refractivity contribution is 14.1. The molecule has 0 atom stereocenters. The van der Waals surface area contributed by atoms with Crippen molar-refractivity contribution < 1.29 is 9.53 Å². The van der Waals surface area contributed by atoms with Crippen LogP contribution in [0.4, 0.5) is 0 Å². The van der Waals surface area contributed by atoms with E-state index in [1.807, 2.05) is 49.4 Å². The van der Waals surface area contributed by atoms with E-state index < -0.39 is 0 Å². The predicted octanol–water partition coefficient (Wildman–Crippen LogP) is 5.70. The first-order valence-corrected chi connectivity index (χ1v) is 11.3. The summed E-state index contributed by atoms with van der Waals surface area (Å²) in [6.07, 6.45) is 1.89. The van der Waals surface area contributed by atoms with Gasteiger partial charge in [-0.05, 0) is 75.9 Å². The number of halogens is 2. The van der Waals surface area contributed by atoms with Crippen molar-refractivity contribution in [2.75, 3.05) is 6.54 Å². The molecule has 0 spiro atoms.